The fourth-order valence-electron chi connectivity index (χ4n) is 2.54. The number of aromatic nitrogens is 1. The summed E-state index contributed by atoms with van der Waals surface area (Å²) in [7, 11) is 0. The van der Waals surface area contributed by atoms with Crippen LogP contribution in [0.5, 0.6) is 0 Å². The van der Waals surface area contributed by atoms with Crippen molar-refractivity contribution in [3.05, 3.63) is 70.2 Å². The van der Waals surface area contributed by atoms with Crippen LogP contribution in [0, 0.1) is 0 Å². The Morgan fingerprint density at radius 2 is 2.08 bits per heavy atom. The van der Waals surface area contributed by atoms with Crippen LogP contribution in [0.4, 0.5) is 11.4 Å². The van der Waals surface area contributed by atoms with E-state index in [4.69, 9.17) is 17.3 Å². The van der Waals surface area contributed by atoms with Crippen molar-refractivity contribution in [1.29, 1.82) is 0 Å². The first-order chi connectivity index (χ1) is 12.6. The van der Waals surface area contributed by atoms with Gasteiger partial charge in [0.2, 0.25) is 0 Å². The van der Waals surface area contributed by atoms with Gasteiger partial charge in [0, 0.05) is 17.3 Å². The molecule has 3 N–H and O–H groups in total. The van der Waals surface area contributed by atoms with E-state index in [1.54, 1.807) is 24.4 Å². The van der Waals surface area contributed by atoms with E-state index in [0.717, 1.165) is 16.5 Å². The number of halogens is 1. The van der Waals surface area contributed by atoms with Crippen molar-refractivity contribution in [3.63, 3.8) is 0 Å². The monoisotopic (exact) mass is 380 g/mol. The highest BCUT2D eigenvalue weighted by Gasteiger charge is 2.24. The number of amides is 1. The number of aliphatic imine (C=N–C) groups is 1. The van der Waals surface area contributed by atoms with Crippen LogP contribution in [0.25, 0.3) is 17.0 Å². The molecule has 1 saturated heterocycles. The Bertz CT molecular complexity index is 1090. The summed E-state index contributed by atoms with van der Waals surface area (Å²) in [6.07, 6.45) is 3.58. The highest BCUT2D eigenvalue weighted by molar-refractivity contribution is 8.18. The molecule has 0 unspecified atom stereocenters. The zero-order chi connectivity index (χ0) is 18.1. The van der Waals surface area contributed by atoms with Crippen LogP contribution in [0.15, 0.2) is 64.6 Å². The third-order valence-electron chi connectivity index (χ3n) is 3.77. The Labute approximate surface area is 159 Å². The summed E-state index contributed by atoms with van der Waals surface area (Å²) in [4.78, 5) is 21.5. The van der Waals surface area contributed by atoms with E-state index in [9.17, 15) is 4.79 Å². The second-order valence-electron chi connectivity index (χ2n) is 5.65. The zero-order valence-corrected chi connectivity index (χ0v) is 15.0. The number of carbonyl (C=O) groups excluding carboxylic acids is 1. The number of nitrogens with one attached hydrogen (secondary N) is 1. The fourth-order valence-corrected chi connectivity index (χ4v) is 3.54. The summed E-state index contributed by atoms with van der Waals surface area (Å²) in [5.74, 6) is -0.194. The largest absolute Gasteiger partial charge is 0.399 e. The lowest BCUT2D eigenvalue weighted by molar-refractivity contribution is -0.115. The molecule has 0 radical (unpaired) electrons. The minimum atomic E-state index is -0.194. The second kappa shape index (κ2) is 6.82. The number of anilines is 1. The van der Waals surface area contributed by atoms with Gasteiger partial charge in [0.05, 0.1) is 21.1 Å². The molecule has 0 aliphatic carbocycles. The highest BCUT2D eigenvalue weighted by Crippen LogP contribution is 2.32. The smallest absolute Gasteiger partial charge is 0.264 e. The topological polar surface area (TPSA) is 80.4 Å². The Hall–Kier alpha value is -2.83. The van der Waals surface area contributed by atoms with Crippen LogP contribution < -0.4 is 11.1 Å². The third-order valence-corrected chi connectivity index (χ3v) is 5.00. The van der Waals surface area contributed by atoms with Gasteiger partial charge in [-0.3, -0.25) is 9.78 Å². The summed E-state index contributed by atoms with van der Waals surface area (Å²) in [5.41, 5.74) is 8.68. The molecule has 2 heterocycles. The minimum Gasteiger partial charge on any atom is -0.399 e. The van der Waals surface area contributed by atoms with Gasteiger partial charge in [0.15, 0.2) is 5.17 Å². The van der Waals surface area contributed by atoms with E-state index in [1.807, 2.05) is 36.4 Å². The molecule has 0 saturated carbocycles. The number of hydrogen-bond acceptors (Lipinski definition) is 5. The number of pyridine rings is 1. The summed E-state index contributed by atoms with van der Waals surface area (Å²) < 4.78 is 0. The van der Waals surface area contributed by atoms with E-state index >= 15 is 0 Å². The lowest BCUT2D eigenvalue weighted by Crippen LogP contribution is -2.19. The number of nitrogen functional groups attached to an aromatic ring is 1. The first-order valence-electron chi connectivity index (χ1n) is 7.78. The van der Waals surface area contributed by atoms with Gasteiger partial charge in [0.25, 0.3) is 5.91 Å². The van der Waals surface area contributed by atoms with Crippen LogP contribution in [0.1, 0.15) is 5.56 Å². The number of nitrogens with zero attached hydrogens (tertiary/aromatic N) is 2. The molecule has 1 amide bonds. The maximum atomic E-state index is 12.2. The average Bonchev–Trinajstić information content (AvgIpc) is 2.97. The maximum Gasteiger partial charge on any atom is 0.264 e. The van der Waals surface area contributed by atoms with E-state index in [2.05, 4.69) is 15.3 Å². The SMILES string of the molecule is Nc1ccc(Cl)c(N=C2NC(=O)C(=Cc3ccc4ncccc4c3)S2)c1. The van der Waals surface area contributed by atoms with Gasteiger partial charge >= 0.3 is 0 Å². The summed E-state index contributed by atoms with van der Waals surface area (Å²) in [5, 5.41) is 4.71. The zero-order valence-electron chi connectivity index (χ0n) is 13.4. The number of nitrogens with two attached hydrogens (primary N) is 1. The van der Waals surface area contributed by atoms with E-state index in [1.165, 1.54) is 11.8 Å². The molecule has 3 aromatic rings. The molecular weight excluding hydrogens is 368 g/mol. The summed E-state index contributed by atoms with van der Waals surface area (Å²) >= 11 is 7.39. The van der Waals surface area contributed by atoms with E-state index in [0.29, 0.717) is 26.5 Å². The molecule has 0 atom stereocenters. The van der Waals surface area contributed by atoms with Gasteiger partial charge in [-0.25, -0.2) is 4.99 Å². The molecule has 5 nitrogen and oxygen atoms in total. The fraction of sp³-hybridized carbons (Fsp3) is 0. The van der Waals surface area contributed by atoms with Gasteiger partial charge in [-0.05, 0) is 59.8 Å². The van der Waals surface area contributed by atoms with Crippen molar-refractivity contribution in [1.82, 2.24) is 10.3 Å². The number of hydrogen-bond donors (Lipinski definition) is 2. The van der Waals surface area contributed by atoms with Crippen molar-refractivity contribution in [3.8, 4) is 0 Å². The molecule has 1 fully saturated rings. The number of carbonyl (C=O) groups is 1. The van der Waals surface area contributed by atoms with Crippen molar-refractivity contribution in [2.24, 2.45) is 4.99 Å². The first-order valence-corrected chi connectivity index (χ1v) is 8.97. The molecule has 1 aliphatic heterocycles. The van der Waals surface area contributed by atoms with Crippen molar-refractivity contribution in [2.45, 2.75) is 0 Å². The van der Waals surface area contributed by atoms with Crippen molar-refractivity contribution >= 4 is 62.8 Å². The Kier molecular flexibility index (Phi) is 4.36. The molecule has 4 rings (SSSR count). The van der Waals surface area contributed by atoms with E-state index < -0.39 is 0 Å². The number of fused-ring (bicyclic) bond motifs is 1. The van der Waals surface area contributed by atoms with Gasteiger partial charge in [-0.1, -0.05) is 23.7 Å². The molecule has 7 heteroatoms. The molecule has 0 bridgehead atoms. The van der Waals surface area contributed by atoms with Crippen LogP contribution in [0.2, 0.25) is 5.02 Å². The Morgan fingerprint density at radius 3 is 2.96 bits per heavy atom. The second-order valence-corrected chi connectivity index (χ2v) is 7.09. The Balaban J connectivity index is 1.63. The lowest BCUT2D eigenvalue weighted by atomic mass is 10.1. The first kappa shape index (κ1) is 16.6. The maximum absolute atomic E-state index is 12.2. The predicted octanol–water partition coefficient (Wildman–Crippen LogP) is 4.36. The van der Waals surface area contributed by atoms with Crippen LogP contribution >= 0.6 is 23.4 Å². The number of rotatable bonds is 2. The molecule has 2 aromatic carbocycles. The normalized spacial score (nSPS) is 17.2. The van der Waals surface area contributed by atoms with Gasteiger partial charge in [0.1, 0.15) is 0 Å². The molecule has 128 valence electrons. The predicted molar refractivity (Wildman–Crippen MR) is 108 cm³/mol. The molecule has 1 aliphatic rings. The van der Waals surface area contributed by atoms with Crippen LogP contribution in [-0.4, -0.2) is 16.1 Å². The Morgan fingerprint density at radius 1 is 1.19 bits per heavy atom. The standard InChI is InChI=1S/C19H13ClN4OS/c20-14-5-4-13(21)10-16(14)23-19-24-18(25)17(26-19)9-11-3-6-15-12(8-11)2-1-7-22-15/h1-10H,21H2,(H,23,24,25). The number of thioether (sulfide) groups is 1. The summed E-state index contributed by atoms with van der Waals surface area (Å²) in [6, 6.07) is 14.8. The van der Waals surface area contributed by atoms with Gasteiger partial charge in [-0.2, -0.15) is 0 Å². The van der Waals surface area contributed by atoms with Crippen LogP contribution in [0.3, 0.4) is 0 Å². The lowest BCUT2D eigenvalue weighted by Gasteiger charge is -2.01. The summed E-state index contributed by atoms with van der Waals surface area (Å²) in [6.45, 7) is 0. The van der Waals surface area contributed by atoms with Gasteiger partial charge < -0.3 is 11.1 Å². The van der Waals surface area contributed by atoms with Crippen molar-refractivity contribution in [2.75, 3.05) is 5.73 Å². The highest BCUT2D eigenvalue weighted by atomic mass is 35.5. The average molecular weight is 381 g/mol. The number of amidine groups is 1. The van der Waals surface area contributed by atoms with Crippen LogP contribution in [-0.2, 0) is 4.79 Å². The third kappa shape index (κ3) is 3.42. The minimum absolute atomic E-state index is 0.194. The molecule has 0 spiro atoms. The molecule has 1 aromatic heterocycles. The number of benzene rings is 2. The quantitative estimate of drug-likeness (QED) is 0.511. The van der Waals surface area contributed by atoms with Crippen molar-refractivity contribution < 1.29 is 4.79 Å². The molecular formula is C19H13ClN4OS. The van der Waals surface area contributed by atoms with Gasteiger partial charge in [-0.15, -0.1) is 0 Å². The van der Waals surface area contributed by atoms with E-state index in [-0.39, 0.29) is 5.91 Å². The molecule has 26 heavy (non-hydrogen) atoms.